The van der Waals surface area contributed by atoms with Crippen LogP contribution in [0.4, 0.5) is 11.4 Å². The van der Waals surface area contributed by atoms with Crippen molar-refractivity contribution in [1.29, 1.82) is 0 Å². The van der Waals surface area contributed by atoms with Gasteiger partial charge in [0, 0.05) is 34.5 Å². The smallest absolute Gasteiger partial charge is 0.258 e. The lowest BCUT2D eigenvalue weighted by molar-refractivity contribution is 0.0976. The minimum atomic E-state index is -0.295. The second kappa shape index (κ2) is 15.7. The summed E-state index contributed by atoms with van der Waals surface area (Å²) >= 11 is 12.3. The average Bonchev–Trinajstić information content (AvgIpc) is 3.07. The molecule has 1 aliphatic rings. The highest BCUT2D eigenvalue weighted by molar-refractivity contribution is 6.34. The van der Waals surface area contributed by atoms with Gasteiger partial charge in [0.15, 0.2) is 0 Å². The van der Waals surface area contributed by atoms with Crippen molar-refractivity contribution < 1.29 is 9.59 Å². The molecule has 5 nitrogen and oxygen atoms in total. The average molecular weight is 589 g/mol. The van der Waals surface area contributed by atoms with Crippen molar-refractivity contribution in [2.24, 2.45) is 0 Å². The summed E-state index contributed by atoms with van der Waals surface area (Å²) in [7, 11) is 2.07. The quantitative estimate of drug-likeness (QED) is 0.296. The number of rotatable bonds is 6. The minimum Gasteiger partial charge on any atom is -0.322 e. The molecule has 8 heteroatoms. The number of carbonyl (C=O) groups excluding carboxylic acids is 2. The third-order valence-corrected chi connectivity index (χ3v) is 7.08. The summed E-state index contributed by atoms with van der Waals surface area (Å²) in [6, 6.07) is 19.6. The highest BCUT2D eigenvalue weighted by Crippen LogP contribution is 2.33. The normalized spacial score (nSPS) is 14.2. The highest BCUT2D eigenvalue weighted by Gasteiger charge is 2.27. The molecule has 0 saturated heterocycles. The maximum Gasteiger partial charge on any atom is 0.258 e. The number of aryl methyl sites for hydroxylation is 1. The lowest BCUT2D eigenvalue weighted by atomic mass is 10.1. The molecule has 3 aromatic carbocycles. The molecule has 0 radical (unpaired) electrons. The predicted molar refractivity (Wildman–Crippen MR) is 167 cm³/mol. The van der Waals surface area contributed by atoms with Crippen molar-refractivity contribution in [3.05, 3.63) is 106 Å². The Morgan fingerprint density at radius 3 is 2.41 bits per heavy atom. The summed E-state index contributed by atoms with van der Waals surface area (Å²) in [5, 5.41) is 3.89. The zero-order valence-corrected chi connectivity index (χ0v) is 25.0. The van der Waals surface area contributed by atoms with E-state index in [4.69, 9.17) is 23.2 Å². The number of anilines is 2. The second-order valence-corrected chi connectivity index (χ2v) is 10.2. The van der Waals surface area contributed by atoms with Crippen LogP contribution in [0.3, 0.4) is 0 Å². The Morgan fingerprint density at radius 1 is 1.10 bits per heavy atom. The van der Waals surface area contributed by atoms with E-state index in [1.165, 1.54) is 0 Å². The van der Waals surface area contributed by atoms with Crippen LogP contribution in [0.2, 0.25) is 10.0 Å². The molecule has 1 N–H and O–H groups in total. The van der Waals surface area contributed by atoms with Crippen molar-refractivity contribution >= 4 is 58.8 Å². The van der Waals surface area contributed by atoms with Crippen LogP contribution in [0.25, 0.3) is 0 Å². The third kappa shape index (κ3) is 8.84. The Bertz CT molecular complexity index is 1260. The van der Waals surface area contributed by atoms with Crippen LogP contribution < -0.4 is 10.2 Å². The molecular weight excluding hydrogens is 553 g/mol. The summed E-state index contributed by atoms with van der Waals surface area (Å²) < 4.78 is 0. The zero-order chi connectivity index (χ0) is 27.7. The van der Waals surface area contributed by atoms with Gasteiger partial charge < -0.3 is 15.1 Å². The van der Waals surface area contributed by atoms with Gasteiger partial charge in [-0.3, -0.25) is 9.59 Å². The lowest BCUT2D eigenvalue weighted by Gasteiger charge is -2.29. The number of hydrogen-bond donors (Lipinski definition) is 1. The molecule has 1 atom stereocenters. The second-order valence-electron chi connectivity index (χ2n) is 9.34. The number of halogens is 3. The molecule has 0 bridgehead atoms. The van der Waals surface area contributed by atoms with Gasteiger partial charge in [0.25, 0.3) is 11.8 Å². The molecule has 0 saturated carbocycles. The van der Waals surface area contributed by atoms with Gasteiger partial charge in [0.2, 0.25) is 0 Å². The summed E-state index contributed by atoms with van der Waals surface area (Å²) in [4.78, 5) is 29.9. The van der Waals surface area contributed by atoms with E-state index in [1.54, 1.807) is 48.5 Å². The number of hydrogen-bond acceptors (Lipinski definition) is 3. The van der Waals surface area contributed by atoms with Gasteiger partial charge in [0.1, 0.15) is 0 Å². The van der Waals surface area contributed by atoms with Crippen molar-refractivity contribution in [3.63, 3.8) is 0 Å². The topological polar surface area (TPSA) is 52.6 Å². The molecule has 3 aromatic rings. The lowest BCUT2D eigenvalue weighted by Crippen LogP contribution is -2.38. The molecule has 39 heavy (non-hydrogen) atoms. The first-order valence-corrected chi connectivity index (χ1v) is 13.6. The standard InChI is InChI=1S/C25H22Cl2N2O2.C6H13N.ClH/c1-16-5-4-6-18-15-19(26)11-14-23(18)29(16)25(31)17-9-12-20(13-10-17)28-24(30)21-7-2-3-8-22(21)27;1-4-6-7(3)5-2;/h2-3,7-16H,4-6H2,1H3,(H,28,30);4H,1,5-6H2,2-3H3;1H. The van der Waals surface area contributed by atoms with Crippen LogP contribution in [0, 0.1) is 0 Å². The number of fused-ring (bicyclic) bond motifs is 1. The van der Waals surface area contributed by atoms with Gasteiger partial charge in [-0.2, -0.15) is 0 Å². The van der Waals surface area contributed by atoms with Crippen LogP contribution in [-0.2, 0) is 6.42 Å². The Morgan fingerprint density at radius 2 is 1.79 bits per heavy atom. The first kappa shape index (κ1) is 32.4. The zero-order valence-electron chi connectivity index (χ0n) is 22.6. The van der Waals surface area contributed by atoms with Crippen molar-refractivity contribution in [2.75, 3.05) is 30.4 Å². The predicted octanol–water partition coefficient (Wildman–Crippen LogP) is 8.16. The molecule has 208 valence electrons. The Balaban J connectivity index is 0.000000592. The molecule has 0 spiro atoms. The molecule has 0 fully saturated rings. The van der Waals surface area contributed by atoms with Gasteiger partial charge in [-0.15, -0.1) is 19.0 Å². The van der Waals surface area contributed by atoms with Crippen molar-refractivity contribution in [3.8, 4) is 0 Å². The summed E-state index contributed by atoms with van der Waals surface area (Å²) in [5.41, 5.74) is 3.56. The SMILES string of the molecule is C=CCN(C)CC.CC1CCCc2cc(Cl)ccc2N1C(=O)c1ccc(NC(=O)c2ccccc2Cl)cc1.Cl. The molecule has 1 unspecified atom stereocenters. The van der Waals surface area contributed by atoms with Crippen LogP contribution >= 0.6 is 35.6 Å². The van der Waals surface area contributed by atoms with Gasteiger partial charge in [-0.1, -0.05) is 48.3 Å². The maximum atomic E-state index is 13.4. The van der Waals surface area contributed by atoms with E-state index in [2.05, 4.69) is 37.7 Å². The monoisotopic (exact) mass is 587 g/mol. The molecule has 0 aromatic heterocycles. The van der Waals surface area contributed by atoms with Crippen molar-refractivity contribution in [1.82, 2.24) is 4.90 Å². The summed E-state index contributed by atoms with van der Waals surface area (Å²) in [5.74, 6) is -0.362. The van der Waals surface area contributed by atoms with Gasteiger partial charge in [-0.25, -0.2) is 0 Å². The van der Waals surface area contributed by atoms with E-state index in [0.717, 1.165) is 43.6 Å². The number of nitrogens with zero attached hydrogens (tertiary/aromatic N) is 2. The fourth-order valence-electron chi connectivity index (χ4n) is 4.28. The van der Waals surface area contributed by atoms with Crippen LogP contribution in [0.5, 0.6) is 0 Å². The fourth-order valence-corrected chi connectivity index (χ4v) is 4.70. The van der Waals surface area contributed by atoms with E-state index in [0.29, 0.717) is 26.9 Å². The van der Waals surface area contributed by atoms with Gasteiger partial charge in [0.05, 0.1) is 10.6 Å². The van der Waals surface area contributed by atoms with E-state index < -0.39 is 0 Å². The van der Waals surface area contributed by atoms with Gasteiger partial charge >= 0.3 is 0 Å². The molecule has 4 rings (SSSR count). The number of likely N-dealkylation sites (N-methyl/N-ethyl adjacent to an activating group) is 1. The molecule has 1 aliphatic heterocycles. The summed E-state index contributed by atoms with van der Waals surface area (Å²) in [6.07, 6.45) is 4.73. The van der Waals surface area contributed by atoms with Crippen LogP contribution in [0.1, 0.15) is 53.0 Å². The molecule has 0 aliphatic carbocycles. The van der Waals surface area contributed by atoms with Crippen LogP contribution in [0.15, 0.2) is 79.4 Å². The van der Waals surface area contributed by atoms with E-state index >= 15 is 0 Å². The maximum absolute atomic E-state index is 13.4. The van der Waals surface area contributed by atoms with Crippen LogP contribution in [-0.4, -0.2) is 42.9 Å². The number of carbonyl (C=O) groups is 2. The summed E-state index contributed by atoms with van der Waals surface area (Å²) in [6.45, 7) is 9.90. The number of benzene rings is 3. The Hall–Kier alpha value is -2.83. The first-order chi connectivity index (χ1) is 18.2. The molecular formula is C31H36Cl3N3O2. The van der Waals surface area contributed by atoms with Gasteiger partial charge in [-0.05, 0) is 99.9 Å². The van der Waals surface area contributed by atoms with E-state index in [1.807, 2.05) is 29.2 Å². The largest absolute Gasteiger partial charge is 0.322 e. The minimum absolute atomic E-state index is 0. The number of amides is 2. The van der Waals surface area contributed by atoms with Crippen molar-refractivity contribution in [2.45, 2.75) is 39.2 Å². The Kier molecular flexibility index (Phi) is 13.0. The fraction of sp³-hybridized carbons (Fsp3) is 0.290. The highest BCUT2D eigenvalue weighted by atomic mass is 35.5. The third-order valence-electron chi connectivity index (χ3n) is 6.52. The number of nitrogens with one attached hydrogen (secondary N) is 1. The van der Waals surface area contributed by atoms with E-state index in [9.17, 15) is 9.59 Å². The van der Waals surface area contributed by atoms with E-state index in [-0.39, 0.29) is 30.3 Å². The molecule has 2 amide bonds. The first-order valence-electron chi connectivity index (χ1n) is 12.8. The molecule has 1 heterocycles. The Labute approximate surface area is 248 Å².